The molecule has 1 aliphatic heterocycles. The van der Waals surface area contributed by atoms with Gasteiger partial charge in [-0.15, -0.1) is 0 Å². The molecule has 19 heavy (non-hydrogen) atoms. The Labute approximate surface area is 107 Å². The molecule has 1 atom stereocenters. The van der Waals surface area contributed by atoms with E-state index in [2.05, 4.69) is 5.10 Å². The van der Waals surface area contributed by atoms with Gasteiger partial charge in [-0.3, -0.25) is 4.68 Å². The lowest BCUT2D eigenvalue weighted by atomic mass is 10.1. The van der Waals surface area contributed by atoms with E-state index in [-0.39, 0.29) is 6.10 Å². The average Bonchev–Trinajstić information content (AvgIpc) is 2.94. The quantitative estimate of drug-likeness (QED) is 0.837. The summed E-state index contributed by atoms with van der Waals surface area (Å²) in [6, 6.07) is 8.58. The van der Waals surface area contributed by atoms with Crippen LogP contribution in [-0.2, 0) is 19.1 Å². The number of benzene rings is 1. The monoisotopic (exact) mass is 268 g/mol. The third kappa shape index (κ3) is 2.43. The summed E-state index contributed by atoms with van der Waals surface area (Å²) in [7, 11) is 0. The van der Waals surface area contributed by atoms with Gasteiger partial charge < -0.3 is 4.74 Å². The highest BCUT2D eigenvalue weighted by atomic mass is 19.4. The topological polar surface area (TPSA) is 27.1 Å². The molecule has 0 N–H and O–H groups in total. The van der Waals surface area contributed by atoms with E-state index in [4.69, 9.17) is 4.74 Å². The molecule has 1 aromatic heterocycles. The van der Waals surface area contributed by atoms with Crippen molar-refractivity contribution in [2.24, 2.45) is 0 Å². The molecule has 1 aromatic carbocycles. The van der Waals surface area contributed by atoms with Gasteiger partial charge in [-0.1, -0.05) is 18.2 Å². The number of aromatic nitrogens is 2. The van der Waals surface area contributed by atoms with Crippen LogP contribution in [-0.4, -0.2) is 15.9 Å². The van der Waals surface area contributed by atoms with Crippen LogP contribution in [0.1, 0.15) is 11.3 Å². The number of alkyl halides is 3. The fraction of sp³-hybridized carbons (Fsp3) is 0.308. The fourth-order valence-corrected chi connectivity index (χ4v) is 2.18. The third-order valence-corrected chi connectivity index (χ3v) is 3.04. The molecule has 100 valence electrons. The van der Waals surface area contributed by atoms with E-state index >= 15 is 0 Å². The van der Waals surface area contributed by atoms with E-state index in [9.17, 15) is 13.2 Å². The summed E-state index contributed by atoms with van der Waals surface area (Å²) in [5, 5.41) is 3.52. The largest absolute Gasteiger partial charge is 0.488 e. The number of hydrogen-bond acceptors (Lipinski definition) is 2. The highest BCUT2D eigenvalue weighted by Gasteiger charge is 2.34. The Morgan fingerprint density at radius 1 is 1.26 bits per heavy atom. The first-order valence-electron chi connectivity index (χ1n) is 5.87. The highest BCUT2D eigenvalue weighted by molar-refractivity contribution is 5.37. The van der Waals surface area contributed by atoms with Gasteiger partial charge in [0.25, 0.3) is 0 Å². The van der Waals surface area contributed by atoms with Crippen molar-refractivity contribution in [3.8, 4) is 5.75 Å². The summed E-state index contributed by atoms with van der Waals surface area (Å²) < 4.78 is 44.2. The Morgan fingerprint density at radius 2 is 2.05 bits per heavy atom. The lowest BCUT2D eigenvalue weighted by Crippen LogP contribution is -2.21. The highest BCUT2D eigenvalue weighted by Crippen LogP contribution is 2.30. The van der Waals surface area contributed by atoms with Crippen molar-refractivity contribution in [1.82, 2.24) is 9.78 Å². The van der Waals surface area contributed by atoms with E-state index in [1.807, 2.05) is 24.3 Å². The zero-order valence-corrected chi connectivity index (χ0v) is 9.89. The number of nitrogens with zero attached hydrogens (tertiary/aromatic N) is 2. The maximum atomic E-state index is 12.4. The second-order valence-corrected chi connectivity index (χ2v) is 4.47. The van der Waals surface area contributed by atoms with Crippen molar-refractivity contribution in [3.63, 3.8) is 0 Å². The van der Waals surface area contributed by atoms with Crippen molar-refractivity contribution in [3.05, 3.63) is 47.8 Å². The number of fused-ring (bicyclic) bond motifs is 1. The molecule has 2 heterocycles. The maximum absolute atomic E-state index is 12.4. The van der Waals surface area contributed by atoms with Gasteiger partial charge in [-0.2, -0.15) is 18.3 Å². The summed E-state index contributed by atoms with van der Waals surface area (Å²) in [4.78, 5) is 0. The van der Waals surface area contributed by atoms with E-state index in [1.54, 1.807) is 0 Å². The molecule has 0 aliphatic carbocycles. The van der Waals surface area contributed by atoms with Gasteiger partial charge in [0.15, 0.2) is 5.69 Å². The van der Waals surface area contributed by atoms with Crippen LogP contribution in [0.2, 0.25) is 0 Å². The number of ether oxygens (including phenoxy) is 1. The van der Waals surface area contributed by atoms with Crippen LogP contribution < -0.4 is 4.74 Å². The smallest absolute Gasteiger partial charge is 0.435 e. The van der Waals surface area contributed by atoms with Crippen molar-refractivity contribution in [2.75, 3.05) is 0 Å². The predicted octanol–water partition coefficient (Wildman–Crippen LogP) is 2.91. The lowest BCUT2D eigenvalue weighted by molar-refractivity contribution is -0.141. The molecule has 3 nitrogen and oxygen atoms in total. The van der Waals surface area contributed by atoms with Crippen LogP contribution in [0, 0.1) is 0 Å². The second-order valence-electron chi connectivity index (χ2n) is 4.47. The van der Waals surface area contributed by atoms with Gasteiger partial charge in [0.1, 0.15) is 11.9 Å². The molecule has 0 saturated heterocycles. The van der Waals surface area contributed by atoms with Gasteiger partial charge in [0.2, 0.25) is 0 Å². The van der Waals surface area contributed by atoms with Gasteiger partial charge in [0, 0.05) is 12.6 Å². The summed E-state index contributed by atoms with van der Waals surface area (Å²) in [6.07, 6.45) is -2.55. The molecular formula is C13H11F3N2O. The Kier molecular flexibility index (Phi) is 2.73. The molecule has 0 bridgehead atoms. The minimum Gasteiger partial charge on any atom is -0.488 e. The molecule has 0 fully saturated rings. The van der Waals surface area contributed by atoms with Crippen LogP contribution in [0.15, 0.2) is 36.5 Å². The lowest BCUT2D eigenvalue weighted by Gasteiger charge is -2.10. The zero-order chi connectivity index (χ0) is 13.5. The summed E-state index contributed by atoms with van der Waals surface area (Å²) in [6.45, 7) is 0.310. The molecular weight excluding hydrogens is 257 g/mol. The Hall–Kier alpha value is -1.98. The average molecular weight is 268 g/mol. The molecule has 0 radical (unpaired) electrons. The second kappa shape index (κ2) is 4.29. The maximum Gasteiger partial charge on any atom is 0.435 e. The Balaban J connectivity index is 1.70. The third-order valence-electron chi connectivity index (χ3n) is 3.04. The Morgan fingerprint density at radius 3 is 2.74 bits per heavy atom. The molecule has 6 heteroatoms. The first-order valence-corrected chi connectivity index (χ1v) is 5.87. The molecule has 1 unspecified atom stereocenters. The van der Waals surface area contributed by atoms with Crippen LogP contribution in [0.4, 0.5) is 13.2 Å². The summed E-state index contributed by atoms with van der Waals surface area (Å²) >= 11 is 0. The van der Waals surface area contributed by atoms with Crippen LogP contribution in [0.25, 0.3) is 0 Å². The molecule has 0 spiro atoms. The van der Waals surface area contributed by atoms with E-state index in [1.165, 1.54) is 10.9 Å². The van der Waals surface area contributed by atoms with Crippen LogP contribution in [0.3, 0.4) is 0 Å². The van der Waals surface area contributed by atoms with Gasteiger partial charge in [-0.05, 0) is 17.7 Å². The van der Waals surface area contributed by atoms with E-state index in [0.29, 0.717) is 13.0 Å². The van der Waals surface area contributed by atoms with E-state index < -0.39 is 11.9 Å². The van der Waals surface area contributed by atoms with Crippen molar-refractivity contribution in [2.45, 2.75) is 25.2 Å². The van der Waals surface area contributed by atoms with Crippen molar-refractivity contribution in [1.29, 1.82) is 0 Å². The molecule has 3 rings (SSSR count). The van der Waals surface area contributed by atoms with Gasteiger partial charge in [-0.25, -0.2) is 0 Å². The van der Waals surface area contributed by atoms with E-state index in [0.717, 1.165) is 17.4 Å². The van der Waals surface area contributed by atoms with Crippen LogP contribution >= 0.6 is 0 Å². The first-order chi connectivity index (χ1) is 9.02. The minimum atomic E-state index is -4.40. The molecule has 0 saturated carbocycles. The zero-order valence-electron chi connectivity index (χ0n) is 9.89. The van der Waals surface area contributed by atoms with Gasteiger partial charge in [0.05, 0.1) is 6.54 Å². The molecule has 0 amide bonds. The minimum absolute atomic E-state index is 0.168. The Bertz CT molecular complexity index is 567. The predicted molar refractivity (Wildman–Crippen MR) is 61.8 cm³/mol. The van der Waals surface area contributed by atoms with Crippen LogP contribution in [0.5, 0.6) is 5.75 Å². The number of hydrogen-bond donors (Lipinski definition) is 0. The number of halogens is 3. The molecule has 1 aliphatic rings. The standard InChI is InChI=1S/C13H11F3N2O/c14-13(15,16)12-5-6-18(17-12)8-10-7-9-3-1-2-4-11(9)19-10/h1-6,10H,7-8H2. The fourth-order valence-electron chi connectivity index (χ4n) is 2.18. The normalized spacial score (nSPS) is 18.2. The van der Waals surface area contributed by atoms with Crippen molar-refractivity contribution < 1.29 is 17.9 Å². The number of rotatable bonds is 2. The summed E-state index contributed by atoms with van der Waals surface area (Å²) in [5.74, 6) is 0.802. The van der Waals surface area contributed by atoms with Gasteiger partial charge >= 0.3 is 6.18 Å². The molecule has 2 aromatic rings. The van der Waals surface area contributed by atoms with Crippen molar-refractivity contribution >= 4 is 0 Å². The SMILES string of the molecule is FC(F)(F)c1ccn(CC2Cc3ccccc3O2)n1. The number of para-hydroxylation sites is 1. The first kappa shape index (κ1) is 12.1. The summed E-state index contributed by atoms with van der Waals surface area (Å²) in [5.41, 5.74) is 0.207.